The van der Waals surface area contributed by atoms with Crippen LogP contribution in [0.15, 0.2) is 24.5 Å². The van der Waals surface area contributed by atoms with Gasteiger partial charge in [0.1, 0.15) is 11.2 Å². The third kappa shape index (κ3) is 4.23. The fraction of sp³-hybridized carbons (Fsp3) is 0.583. The Hall–Kier alpha value is -3.50. The zero-order chi connectivity index (χ0) is 24.6. The van der Waals surface area contributed by atoms with E-state index in [1.165, 1.54) is 4.68 Å². The summed E-state index contributed by atoms with van der Waals surface area (Å²) in [4.78, 5) is 53.8. The molecule has 0 bridgehead atoms. The van der Waals surface area contributed by atoms with Crippen LogP contribution in [0.2, 0.25) is 0 Å². The van der Waals surface area contributed by atoms with Gasteiger partial charge in [0.05, 0.1) is 6.54 Å². The van der Waals surface area contributed by atoms with Crippen molar-refractivity contribution in [3.8, 4) is 0 Å². The van der Waals surface area contributed by atoms with Crippen LogP contribution in [0.4, 0.5) is 5.95 Å². The molecule has 1 N–H and O–H groups in total. The lowest BCUT2D eigenvalue weighted by Crippen LogP contribution is -2.64. The van der Waals surface area contributed by atoms with Gasteiger partial charge in [-0.25, -0.2) is 9.97 Å². The van der Waals surface area contributed by atoms with Crippen molar-refractivity contribution in [1.82, 2.24) is 34.9 Å². The monoisotopic (exact) mass is 480 g/mol. The second kappa shape index (κ2) is 9.27. The maximum Gasteiger partial charge on any atom is 0.274 e. The molecule has 2 aromatic rings. The smallest absolute Gasteiger partial charge is 0.274 e. The predicted molar refractivity (Wildman–Crippen MR) is 128 cm³/mol. The first-order valence-corrected chi connectivity index (χ1v) is 12.4. The van der Waals surface area contributed by atoms with Crippen molar-refractivity contribution >= 4 is 23.7 Å². The highest BCUT2D eigenvalue weighted by atomic mass is 16.2. The van der Waals surface area contributed by atoms with Gasteiger partial charge in [-0.1, -0.05) is 12.8 Å². The van der Waals surface area contributed by atoms with E-state index in [2.05, 4.69) is 20.4 Å². The van der Waals surface area contributed by atoms with Crippen LogP contribution in [-0.4, -0.2) is 91.6 Å². The largest absolute Gasteiger partial charge is 0.351 e. The van der Waals surface area contributed by atoms with E-state index in [1.807, 2.05) is 11.8 Å². The van der Waals surface area contributed by atoms with E-state index < -0.39 is 5.54 Å². The molecule has 5 rings (SSSR count). The van der Waals surface area contributed by atoms with Crippen molar-refractivity contribution in [2.75, 3.05) is 37.6 Å². The molecule has 0 aromatic carbocycles. The molecule has 0 radical (unpaired) electrons. The molecule has 1 aliphatic carbocycles. The Balaban J connectivity index is 1.31. The molecular formula is C24H32N8O3. The van der Waals surface area contributed by atoms with Crippen LogP contribution in [0.25, 0.3) is 0 Å². The van der Waals surface area contributed by atoms with Gasteiger partial charge in [0.2, 0.25) is 11.9 Å². The van der Waals surface area contributed by atoms with Crippen molar-refractivity contribution in [1.29, 1.82) is 0 Å². The number of aromatic nitrogens is 4. The van der Waals surface area contributed by atoms with Gasteiger partial charge in [-0.3, -0.25) is 19.1 Å². The minimum atomic E-state index is -1.06. The van der Waals surface area contributed by atoms with Crippen molar-refractivity contribution in [3.63, 3.8) is 0 Å². The third-order valence-electron chi connectivity index (χ3n) is 7.41. The summed E-state index contributed by atoms with van der Waals surface area (Å²) in [5.41, 5.74) is -0.485. The molecular weight excluding hydrogens is 448 g/mol. The molecule has 0 spiro atoms. The van der Waals surface area contributed by atoms with Crippen LogP contribution in [0.5, 0.6) is 0 Å². The van der Waals surface area contributed by atoms with Crippen molar-refractivity contribution in [2.24, 2.45) is 0 Å². The van der Waals surface area contributed by atoms with E-state index in [4.69, 9.17) is 0 Å². The first kappa shape index (κ1) is 23.3. The number of carbonyl (C=O) groups is 3. The number of anilines is 1. The van der Waals surface area contributed by atoms with Gasteiger partial charge in [0.15, 0.2) is 5.69 Å². The van der Waals surface area contributed by atoms with Crippen LogP contribution in [0, 0.1) is 0 Å². The summed E-state index contributed by atoms with van der Waals surface area (Å²) in [6.07, 6.45) is 7.56. The summed E-state index contributed by atoms with van der Waals surface area (Å²) in [5, 5.41) is 7.63. The van der Waals surface area contributed by atoms with Gasteiger partial charge < -0.3 is 20.0 Å². The maximum atomic E-state index is 13.4. The molecule has 11 heteroatoms. The van der Waals surface area contributed by atoms with Gasteiger partial charge in [0, 0.05) is 57.2 Å². The number of piperazine rings is 1. The van der Waals surface area contributed by atoms with Crippen molar-refractivity contribution in [3.05, 3.63) is 35.9 Å². The third-order valence-corrected chi connectivity index (χ3v) is 7.41. The molecule has 1 unspecified atom stereocenters. The topological polar surface area (TPSA) is 117 Å². The molecule has 2 aliphatic heterocycles. The van der Waals surface area contributed by atoms with Gasteiger partial charge in [-0.2, -0.15) is 5.10 Å². The Labute approximate surface area is 204 Å². The van der Waals surface area contributed by atoms with Crippen molar-refractivity contribution < 1.29 is 14.4 Å². The molecule has 1 saturated carbocycles. The molecule has 186 valence electrons. The fourth-order valence-corrected chi connectivity index (χ4v) is 5.38. The normalized spacial score (nSPS) is 22.9. The first-order chi connectivity index (χ1) is 16.9. The lowest BCUT2D eigenvalue weighted by atomic mass is 9.94. The summed E-state index contributed by atoms with van der Waals surface area (Å²) in [5.74, 6) is -0.000685. The summed E-state index contributed by atoms with van der Waals surface area (Å²) < 4.78 is 1.53. The number of carbonyl (C=O) groups excluding carboxylic acids is 3. The molecule has 3 aliphatic rings. The molecule has 1 saturated heterocycles. The van der Waals surface area contributed by atoms with E-state index in [1.54, 1.807) is 41.2 Å². The van der Waals surface area contributed by atoms with Gasteiger partial charge in [-0.05, 0) is 32.8 Å². The number of likely N-dealkylation sites (N-methyl/N-ethyl adjacent to an activating group) is 1. The van der Waals surface area contributed by atoms with E-state index in [0.29, 0.717) is 44.4 Å². The predicted octanol–water partition coefficient (Wildman–Crippen LogP) is 0.929. The highest BCUT2D eigenvalue weighted by Crippen LogP contribution is 2.29. The van der Waals surface area contributed by atoms with Crippen molar-refractivity contribution in [2.45, 2.75) is 57.7 Å². The van der Waals surface area contributed by atoms with Crippen LogP contribution in [0.1, 0.15) is 60.5 Å². The zero-order valence-electron chi connectivity index (χ0n) is 20.3. The first-order valence-electron chi connectivity index (χ1n) is 12.4. The highest BCUT2D eigenvalue weighted by molar-refractivity contribution is 6.02. The van der Waals surface area contributed by atoms with Gasteiger partial charge in [0.25, 0.3) is 11.8 Å². The summed E-state index contributed by atoms with van der Waals surface area (Å²) in [7, 11) is 0. The van der Waals surface area contributed by atoms with E-state index in [9.17, 15) is 14.4 Å². The second-order valence-corrected chi connectivity index (χ2v) is 9.68. The minimum Gasteiger partial charge on any atom is -0.351 e. The molecule has 4 heterocycles. The lowest BCUT2D eigenvalue weighted by Gasteiger charge is -2.43. The highest BCUT2D eigenvalue weighted by Gasteiger charge is 2.48. The Bertz CT molecular complexity index is 1110. The molecule has 11 nitrogen and oxygen atoms in total. The summed E-state index contributed by atoms with van der Waals surface area (Å²) >= 11 is 0. The number of rotatable bonds is 5. The number of amides is 3. The molecule has 1 atom stereocenters. The standard InChI is InChI=1S/C24H32N8O3/c1-3-31-21(34)19-15-18(20(33)29-11-13-30(14-12-29)23-25-9-6-10-26-23)28-32(19)16-24(31,2)22(35)27-17-7-4-5-8-17/h6,9-10,15,17H,3-5,7-8,11-14,16H2,1-2H3,(H,27,35). The molecule has 2 aromatic heterocycles. The Morgan fingerprint density at radius 2 is 1.80 bits per heavy atom. The van der Waals surface area contributed by atoms with Crippen LogP contribution < -0.4 is 10.2 Å². The SMILES string of the molecule is CCN1C(=O)c2cc(C(=O)N3CCN(c4ncccn4)CC3)nn2CC1(C)C(=O)NC1CCCC1. The maximum absolute atomic E-state index is 13.4. The average molecular weight is 481 g/mol. The Morgan fingerprint density at radius 3 is 2.46 bits per heavy atom. The van der Waals surface area contributed by atoms with Crippen LogP contribution in [0.3, 0.4) is 0 Å². The summed E-state index contributed by atoms with van der Waals surface area (Å²) in [6.45, 7) is 6.52. The van der Waals surface area contributed by atoms with E-state index in [0.717, 1.165) is 25.7 Å². The fourth-order valence-electron chi connectivity index (χ4n) is 5.38. The molecule has 2 fully saturated rings. The Morgan fingerprint density at radius 1 is 1.11 bits per heavy atom. The minimum absolute atomic E-state index is 0.157. The lowest BCUT2D eigenvalue weighted by molar-refractivity contribution is -0.133. The van der Waals surface area contributed by atoms with E-state index >= 15 is 0 Å². The average Bonchev–Trinajstić information content (AvgIpc) is 3.54. The number of nitrogens with one attached hydrogen (secondary N) is 1. The van der Waals surface area contributed by atoms with Crippen LogP contribution in [-0.2, 0) is 11.3 Å². The number of hydrogen-bond acceptors (Lipinski definition) is 7. The summed E-state index contributed by atoms with van der Waals surface area (Å²) in [6, 6.07) is 3.49. The van der Waals surface area contributed by atoms with Gasteiger partial charge >= 0.3 is 0 Å². The number of hydrogen-bond donors (Lipinski definition) is 1. The second-order valence-electron chi connectivity index (χ2n) is 9.68. The molecule has 35 heavy (non-hydrogen) atoms. The number of nitrogens with zero attached hydrogens (tertiary/aromatic N) is 7. The van der Waals surface area contributed by atoms with Gasteiger partial charge in [-0.15, -0.1) is 0 Å². The number of fused-ring (bicyclic) bond motifs is 1. The quantitative estimate of drug-likeness (QED) is 0.677. The Kier molecular flexibility index (Phi) is 6.16. The molecule has 3 amide bonds. The zero-order valence-corrected chi connectivity index (χ0v) is 20.3. The van der Waals surface area contributed by atoms with E-state index in [-0.39, 0.29) is 36.0 Å². The van der Waals surface area contributed by atoms with Crippen LogP contribution >= 0.6 is 0 Å².